The van der Waals surface area contributed by atoms with Gasteiger partial charge in [-0.05, 0) is 32.9 Å². The summed E-state index contributed by atoms with van der Waals surface area (Å²) in [5.74, 6) is 0.744. The second-order valence-corrected chi connectivity index (χ2v) is 6.77. The number of anilines is 1. The Morgan fingerprint density at radius 1 is 1.36 bits per heavy atom. The van der Waals surface area contributed by atoms with E-state index in [0.29, 0.717) is 18.0 Å². The first-order valence-corrected chi connectivity index (χ1v) is 8.57. The van der Waals surface area contributed by atoms with Crippen molar-refractivity contribution in [2.24, 2.45) is 0 Å². The lowest BCUT2D eigenvalue weighted by Gasteiger charge is -2.24. The van der Waals surface area contributed by atoms with Crippen molar-refractivity contribution < 1.29 is 13.5 Å². The largest absolute Gasteiger partial charge is 0.361 e. The monoisotopic (exact) mass is 320 g/mol. The molecule has 0 saturated carbocycles. The number of aromatic nitrogens is 1. The third-order valence-electron chi connectivity index (χ3n) is 3.36. The van der Waals surface area contributed by atoms with Crippen LogP contribution in [0.4, 0.5) is 5.69 Å². The molecule has 0 unspecified atom stereocenters. The molecule has 0 fully saturated rings. The van der Waals surface area contributed by atoms with Crippen LogP contribution in [0.25, 0.3) is 0 Å². The van der Waals surface area contributed by atoms with Crippen molar-refractivity contribution >= 4 is 22.4 Å². The zero-order chi connectivity index (χ0) is 16.1. The topological polar surface area (TPSA) is 63.4 Å². The molecular weight excluding hydrogens is 300 g/mol. The molecule has 0 radical (unpaired) electrons. The van der Waals surface area contributed by atoms with Gasteiger partial charge in [0.15, 0.2) is 0 Å². The Hall–Kier alpha value is -1.95. The zero-order valence-electron chi connectivity index (χ0n) is 13.0. The SMILES string of the molecule is CCN(C(=O)[C@@H](C)[S@@](=O)Cc1cc(C)on1)c1ccccc1. The van der Waals surface area contributed by atoms with E-state index >= 15 is 0 Å². The van der Waals surface area contributed by atoms with Crippen LogP contribution in [-0.2, 0) is 21.3 Å². The Bertz CT molecular complexity index is 654. The first-order valence-electron chi connectivity index (χ1n) is 7.18. The number of rotatable bonds is 6. The second-order valence-electron chi connectivity index (χ2n) is 5.01. The minimum Gasteiger partial charge on any atom is -0.361 e. The molecule has 0 saturated heterocycles. The Balaban J connectivity index is 2.08. The number of carbonyl (C=O) groups excluding carboxylic acids is 1. The van der Waals surface area contributed by atoms with Gasteiger partial charge in [0, 0.05) is 29.1 Å². The smallest absolute Gasteiger partial charge is 0.242 e. The first kappa shape index (κ1) is 16.4. The Kier molecular flexibility index (Phi) is 5.49. The molecule has 0 bridgehead atoms. The molecule has 0 aliphatic rings. The lowest BCUT2D eigenvalue weighted by atomic mass is 10.2. The van der Waals surface area contributed by atoms with Crippen molar-refractivity contribution in [3.05, 3.63) is 47.9 Å². The van der Waals surface area contributed by atoms with Crippen LogP contribution in [-0.4, -0.2) is 27.1 Å². The highest BCUT2D eigenvalue weighted by atomic mass is 32.2. The average molecular weight is 320 g/mol. The van der Waals surface area contributed by atoms with Gasteiger partial charge in [-0.2, -0.15) is 0 Å². The fourth-order valence-corrected chi connectivity index (χ4v) is 3.19. The summed E-state index contributed by atoms with van der Waals surface area (Å²) in [4.78, 5) is 14.3. The number of hydrogen-bond donors (Lipinski definition) is 0. The van der Waals surface area contributed by atoms with Crippen LogP contribution in [0.2, 0.25) is 0 Å². The molecule has 0 aliphatic heterocycles. The highest BCUT2D eigenvalue weighted by Gasteiger charge is 2.26. The Labute approximate surface area is 132 Å². The summed E-state index contributed by atoms with van der Waals surface area (Å²) in [5, 5.41) is 3.23. The molecule has 1 heterocycles. The minimum absolute atomic E-state index is 0.146. The molecule has 22 heavy (non-hydrogen) atoms. The molecule has 0 spiro atoms. The predicted octanol–water partition coefficient (Wildman–Crippen LogP) is 2.67. The molecule has 2 aromatic rings. The quantitative estimate of drug-likeness (QED) is 0.821. The van der Waals surface area contributed by atoms with E-state index in [9.17, 15) is 9.00 Å². The number of nitrogens with zero attached hydrogens (tertiary/aromatic N) is 2. The maximum atomic E-state index is 12.6. The van der Waals surface area contributed by atoms with Gasteiger partial charge in [-0.1, -0.05) is 23.4 Å². The van der Waals surface area contributed by atoms with Crippen LogP contribution in [0, 0.1) is 6.92 Å². The van der Waals surface area contributed by atoms with Crippen LogP contribution in [0.1, 0.15) is 25.3 Å². The van der Waals surface area contributed by atoms with E-state index < -0.39 is 16.0 Å². The van der Waals surface area contributed by atoms with Crippen LogP contribution < -0.4 is 4.90 Å². The van der Waals surface area contributed by atoms with Crippen molar-refractivity contribution in [2.75, 3.05) is 11.4 Å². The summed E-state index contributed by atoms with van der Waals surface area (Å²) in [7, 11) is -1.34. The fraction of sp³-hybridized carbons (Fsp3) is 0.375. The zero-order valence-corrected chi connectivity index (χ0v) is 13.8. The van der Waals surface area contributed by atoms with Gasteiger partial charge in [0.05, 0.1) is 11.4 Å². The summed E-state index contributed by atoms with van der Waals surface area (Å²) < 4.78 is 17.4. The third kappa shape index (κ3) is 3.82. The van der Waals surface area contributed by atoms with E-state index in [1.165, 1.54) is 0 Å². The highest BCUT2D eigenvalue weighted by Crippen LogP contribution is 2.17. The average Bonchev–Trinajstić information content (AvgIpc) is 2.93. The van der Waals surface area contributed by atoms with Gasteiger partial charge in [-0.15, -0.1) is 0 Å². The van der Waals surface area contributed by atoms with Gasteiger partial charge in [0.25, 0.3) is 0 Å². The molecule has 6 heteroatoms. The Morgan fingerprint density at radius 3 is 2.59 bits per heavy atom. The summed E-state index contributed by atoms with van der Waals surface area (Å²) >= 11 is 0. The van der Waals surface area contributed by atoms with Crippen molar-refractivity contribution in [1.29, 1.82) is 0 Å². The van der Waals surface area contributed by atoms with Crippen molar-refractivity contribution in [2.45, 2.75) is 31.8 Å². The number of hydrogen-bond acceptors (Lipinski definition) is 4. The molecule has 2 rings (SSSR count). The van der Waals surface area contributed by atoms with E-state index in [1.807, 2.05) is 37.3 Å². The molecule has 2 atom stereocenters. The van der Waals surface area contributed by atoms with Crippen molar-refractivity contribution in [3.8, 4) is 0 Å². The number of carbonyl (C=O) groups is 1. The molecule has 0 aliphatic carbocycles. The third-order valence-corrected chi connectivity index (χ3v) is 4.93. The van der Waals surface area contributed by atoms with E-state index in [-0.39, 0.29) is 11.7 Å². The van der Waals surface area contributed by atoms with Gasteiger partial charge >= 0.3 is 0 Å². The normalized spacial score (nSPS) is 13.6. The summed E-state index contributed by atoms with van der Waals surface area (Å²) in [5.41, 5.74) is 1.43. The van der Waals surface area contributed by atoms with E-state index in [4.69, 9.17) is 4.52 Å². The van der Waals surface area contributed by atoms with Crippen LogP contribution in [0.3, 0.4) is 0 Å². The van der Waals surface area contributed by atoms with Gasteiger partial charge in [0.1, 0.15) is 11.0 Å². The summed E-state index contributed by atoms with van der Waals surface area (Å²) in [6.07, 6.45) is 0. The van der Waals surface area contributed by atoms with Gasteiger partial charge in [-0.3, -0.25) is 9.00 Å². The molecule has 1 aromatic carbocycles. The number of aryl methyl sites for hydroxylation is 1. The van der Waals surface area contributed by atoms with Gasteiger partial charge < -0.3 is 9.42 Å². The molecular formula is C16H20N2O3S. The van der Waals surface area contributed by atoms with E-state index in [2.05, 4.69) is 5.16 Å². The number of para-hydroxylation sites is 1. The Morgan fingerprint density at radius 2 is 2.05 bits per heavy atom. The van der Waals surface area contributed by atoms with Gasteiger partial charge in [-0.25, -0.2) is 0 Å². The van der Waals surface area contributed by atoms with E-state index in [0.717, 1.165) is 5.69 Å². The second kappa shape index (κ2) is 7.35. The number of benzene rings is 1. The first-order chi connectivity index (χ1) is 10.5. The van der Waals surface area contributed by atoms with Crippen LogP contribution in [0.15, 0.2) is 40.9 Å². The molecule has 0 N–H and O–H groups in total. The predicted molar refractivity (Wildman–Crippen MR) is 87.0 cm³/mol. The summed E-state index contributed by atoms with van der Waals surface area (Å²) in [6.45, 7) is 5.91. The van der Waals surface area contributed by atoms with Crippen LogP contribution >= 0.6 is 0 Å². The molecule has 1 aromatic heterocycles. The molecule has 1 amide bonds. The maximum absolute atomic E-state index is 12.6. The number of amides is 1. The van der Waals surface area contributed by atoms with Crippen molar-refractivity contribution in [3.63, 3.8) is 0 Å². The summed E-state index contributed by atoms with van der Waals surface area (Å²) in [6, 6.07) is 11.1. The molecule has 118 valence electrons. The van der Waals surface area contributed by atoms with Crippen molar-refractivity contribution in [1.82, 2.24) is 5.16 Å². The van der Waals surface area contributed by atoms with Gasteiger partial charge in [0.2, 0.25) is 5.91 Å². The molecule has 5 nitrogen and oxygen atoms in total. The minimum atomic E-state index is -1.34. The standard InChI is InChI=1S/C16H20N2O3S/c1-4-18(15-8-6-5-7-9-15)16(19)13(3)22(20)11-14-10-12(2)21-17-14/h5-10,13H,4,11H2,1-3H3/t13-,22+/m1/s1. The fourth-order valence-electron chi connectivity index (χ4n) is 2.16. The van der Waals surface area contributed by atoms with E-state index in [1.54, 1.807) is 24.8 Å². The highest BCUT2D eigenvalue weighted by molar-refractivity contribution is 7.85. The lowest BCUT2D eigenvalue weighted by molar-refractivity contribution is -0.117. The van der Waals surface area contributed by atoms with Crippen LogP contribution in [0.5, 0.6) is 0 Å². The lowest BCUT2D eigenvalue weighted by Crippen LogP contribution is -2.40. The maximum Gasteiger partial charge on any atom is 0.242 e.